The third kappa shape index (κ3) is 4.40. The zero-order valence-electron chi connectivity index (χ0n) is 14.4. The Morgan fingerprint density at radius 3 is 1.96 bits per heavy atom. The second-order valence-corrected chi connectivity index (χ2v) is 10.1. The molecule has 1 heterocycles. The second-order valence-electron chi connectivity index (χ2n) is 6.24. The summed E-state index contributed by atoms with van der Waals surface area (Å²) in [6.07, 6.45) is 0.120. The van der Waals surface area contributed by atoms with E-state index in [1.807, 2.05) is 0 Å². The van der Waals surface area contributed by atoms with Crippen molar-refractivity contribution in [3.8, 4) is 0 Å². The number of esters is 2. The Bertz CT molecular complexity index is 918. The largest absolute Gasteiger partial charge is 0.465 e. The molecule has 1 saturated heterocycles. The first-order valence-electron chi connectivity index (χ1n) is 7.47. The highest BCUT2D eigenvalue weighted by atomic mass is 32.2. The molecular formula is C15H19NO8S2. The van der Waals surface area contributed by atoms with Gasteiger partial charge in [0, 0.05) is 5.54 Å². The topological polar surface area (TPSA) is 133 Å². The summed E-state index contributed by atoms with van der Waals surface area (Å²) < 4.78 is 60.3. The Morgan fingerprint density at radius 2 is 1.58 bits per heavy atom. The van der Waals surface area contributed by atoms with Crippen molar-refractivity contribution >= 4 is 31.8 Å². The molecule has 1 atom stereocenters. The minimum absolute atomic E-state index is 0.120. The Morgan fingerprint density at radius 1 is 1.08 bits per heavy atom. The number of benzene rings is 1. The van der Waals surface area contributed by atoms with Gasteiger partial charge < -0.3 is 9.47 Å². The molecule has 1 aromatic rings. The van der Waals surface area contributed by atoms with E-state index < -0.39 is 37.3 Å². The minimum Gasteiger partial charge on any atom is -0.465 e. The van der Waals surface area contributed by atoms with Crippen LogP contribution in [-0.2, 0) is 29.3 Å². The molecule has 1 aliphatic rings. The quantitative estimate of drug-likeness (QED) is 0.683. The molecule has 1 aliphatic heterocycles. The highest BCUT2D eigenvalue weighted by Gasteiger charge is 2.41. The molecule has 1 fully saturated rings. The lowest BCUT2D eigenvalue weighted by atomic mass is 10.0. The number of carbonyl (C=O) groups excluding carboxylic acids is 2. The van der Waals surface area contributed by atoms with Crippen LogP contribution in [0.15, 0.2) is 23.1 Å². The van der Waals surface area contributed by atoms with Crippen molar-refractivity contribution in [3.63, 3.8) is 0 Å². The minimum atomic E-state index is -4.21. The van der Waals surface area contributed by atoms with Gasteiger partial charge in [-0.1, -0.05) is 0 Å². The Hall–Kier alpha value is -1.98. The van der Waals surface area contributed by atoms with Crippen LogP contribution in [-0.4, -0.2) is 60.0 Å². The van der Waals surface area contributed by atoms with Gasteiger partial charge in [0.1, 0.15) is 0 Å². The maximum atomic E-state index is 12.7. The van der Waals surface area contributed by atoms with Crippen LogP contribution in [0, 0.1) is 0 Å². The van der Waals surface area contributed by atoms with Crippen molar-refractivity contribution < 1.29 is 35.9 Å². The van der Waals surface area contributed by atoms with Crippen molar-refractivity contribution in [1.82, 2.24) is 4.72 Å². The molecule has 2 rings (SSSR count). The lowest BCUT2D eigenvalue weighted by molar-refractivity contribution is 0.0598. The molecule has 1 unspecified atom stereocenters. The number of sulfone groups is 1. The lowest BCUT2D eigenvalue weighted by Crippen LogP contribution is -2.46. The predicted molar refractivity (Wildman–Crippen MR) is 91.1 cm³/mol. The smallest absolute Gasteiger partial charge is 0.337 e. The Balaban J connectivity index is 2.48. The standard InChI is InChI=1S/C15H19NO8S2/c1-15(4-5-25(19,20)9-15)16-26(21,22)12-7-10(13(17)23-2)6-11(8-12)14(18)24-3/h6-8,16H,4-5,9H2,1-3H3. The van der Waals surface area contributed by atoms with E-state index in [9.17, 15) is 26.4 Å². The normalized spacial score (nSPS) is 22.0. The molecule has 0 aliphatic carbocycles. The molecule has 0 bridgehead atoms. The Kier molecular flexibility index (Phi) is 5.45. The zero-order chi connectivity index (χ0) is 19.8. The number of hydrogen-bond acceptors (Lipinski definition) is 8. The third-order valence-electron chi connectivity index (χ3n) is 3.94. The van der Waals surface area contributed by atoms with Gasteiger partial charge in [-0.3, -0.25) is 0 Å². The summed E-state index contributed by atoms with van der Waals surface area (Å²) in [5.74, 6) is -2.12. The average molecular weight is 405 g/mol. The first-order valence-corrected chi connectivity index (χ1v) is 10.8. The van der Waals surface area contributed by atoms with Crippen molar-refractivity contribution in [3.05, 3.63) is 29.3 Å². The fourth-order valence-corrected chi connectivity index (χ4v) is 6.39. The van der Waals surface area contributed by atoms with E-state index in [4.69, 9.17) is 0 Å². The summed E-state index contributed by atoms with van der Waals surface area (Å²) in [7, 11) is -5.32. The summed E-state index contributed by atoms with van der Waals surface area (Å²) in [4.78, 5) is 23.2. The number of rotatable bonds is 5. The molecule has 11 heteroatoms. The van der Waals surface area contributed by atoms with E-state index >= 15 is 0 Å². The molecule has 0 spiro atoms. The van der Waals surface area contributed by atoms with E-state index in [-0.39, 0.29) is 33.9 Å². The molecular weight excluding hydrogens is 386 g/mol. The van der Waals surface area contributed by atoms with Crippen LogP contribution < -0.4 is 4.72 Å². The van der Waals surface area contributed by atoms with E-state index in [2.05, 4.69) is 14.2 Å². The van der Waals surface area contributed by atoms with Gasteiger partial charge in [0.05, 0.1) is 41.7 Å². The van der Waals surface area contributed by atoms with Gasteiger partial charge in [-0.25, -0.2) is 31.1 Å². The third-order valence-corrected chi connectivity index (χ3v) is 7.46. The molecule has 0 saturated carbocycles. The maximum absolute atomic E-state index is 12.7. The molecule has 0 aromatic heterocycles. The summed E-state index contributed by atoms with van der Waals surface area (Å²) in [5, 5.41) is 0. The van der Waals surface area contributed by atoms with Crippen LogP contribution in [0.4, 0.5) is 0 Å². The van der Waals surface area contributed by atoms with Crippen LogP contribution in [0.2, 0.25) is 0 Å². The van der Waals surface area contributed by atoms with Crippen molar-refractivity contribution in [2.75, 3.05) is 25.7 Å². The van der Waals surface area contributed by atoms with E-state index in [1.54, 1.807) is 0 Å². The number of hydrogen-bond donors (Lipinski definition) is 1. The fraction of sp³-hybridized carbons (Fsp3) is 0.467. The van der Waals surface area contributed by atoms with Gasteiger partial charge in [-0.2, -0.15) is 0 Å². The second kappa shape index (κ2) is 6.97. The number of ether oxygens (including phenoxy) is 2. The average Bonchev–Trinajstić information content (AvgIpc) is 2.84. The van der Waals surface area contributed by atoms with Crippen LogP contribution in [0.3, 0.4) is 0 Å². The van der Waals surface area contributed by atoms with E-state index in [1.165, 1.54) is 6.92 Å². The first-order chi connectivity index (χ1) is 11.9. The van der Waals surface area contributed by atoms with Crippen molar-refractivity contribution in [1.29, 1.82) is 0 Å². The van der Waals surface area contributed by atoms with E-state index in [0.717, 1.165) is 32.4 Å². The molecule has 144 valence electrons. The summed E-state index contributed by atoms with van der Waals surface area (Å²) >= 11 is 0. The van der Waals surface area contributed by atoms with Crippen LogP contribution in [0.1, 0.15) is 34.1 Å². The van der Waals surface area contributed by atoms with Gasteiger partial charge in [-0.05, 0) is 31.5 Å². The molecule has 0 radical (unpaired) electrons. The molecule has 0 amide bonds. The number of nitrogens with one attached hydrogen (secondary N) is 1. The SMILES string of the molecule is COC(=O)c1cc(C(=O)OC)cc(S(=O)(=O)NC2(C)CCS(=O)(=O)C2)c1. The molecule has 1 aromatic carbocycles. The summed E-state index contributed by atoms with van der Waals surface area (Å²) in [6.45, 7) is 1.49. The van der Waals surface area contributed by atoms with Crippen LogP contribution >= 0.6 is 0 Å². The van der Waals surface area contributed by atoms with Gasteiger partial charge in [0.15, 0.2) is 9.84 Å². The van der Waals surface area contributed by atoms with E-state index in [0.29, 0.717) is 0 Å². The number of carbonyl (C=O) groups is 2. The van der Waals surface area contributed by atoms with Crippen LogP contribution in [0.5, 0.6) is 0 Å². The monoisotopic (exact) mass is 405 g/mol. The fourth-order valence-electron chi connectivity index (χ4n) is 2.70. The lowest BCUT2D eigenvalue weighted by Gasteiger charge is -2.23. The number of methoxy groups -OCH3 is 2. The molecule has 1 N–H and O–H groups in total. The Labute approximate surface area is 151 Å². The van der Waals surface area contributed by atoms with Crippen molar-refractivity contribution in [2.24, 2.45) is 0 Å². The highest BCUT2D eigenvalue weighted by Crippen LogP contribution is 2.26. The molecule has 9 nitrogen and oxygen atoms in total. The predicted octanol–water partition coefficient (Wildman–Crippen LogP) is 0.115. The summed E-state index contributed by atoms with van der Waals surface area (Å²) in [5.41, 5.74) is -1.48. The zero-order valence-corrected chi connectivity index (χ0v) is 16.1. The van der Waals surface area contributed by atoms with Crippen molar-refractivity contribution in [2.45, 2.75) is 23.8 Å². The highest BCUT2D eigenvalue weighted by molar-refractivity contribution is 7.92. The number of sulfonamides is 1. The van der Waals surface area contributed by atoms with Gasteiger partial charge >= 0.3 is 11.9 Å². The van der Waals surface area contributed by atoms with Crippen LogP contribution in [0.25, 0.3) is 0 Å². The maximum Gasteiger partial charge on any atom is 0.337 e. The van der Waals surface area contributed by atoms with Gasteiger partial charge in [0.2, 0.25) is 10.0 Å². The first kappa shape index (κ1) is 20.3. The molecule has 26 heavy (non-hydrogen) atoms. The van der Waals surface area contributed by atoms with Gasteiger partial charge in [-0.15, -0.1) is 0 Å². The summed E-state index contributed by atoms with van der Waals surface area (Å²) in [6, 6.07) is 3.25. The van der Waals surface area contributed by atoms with Gasteiger partial charge in [0.25, 0.3) is 0 Å².